The number of rotatable bonds is 7. The van der Waals surface area contributed by atoms with Gasteiger partial charge in [0.05, 0.1) is 0 Å². The number of aryl methyl sites for hydroxylation is 2. The van der Waals surface area contributed by atoms with Crippen LogP contribution in [0.2, 0.25) is 5.02 Å². The first-order valence-corrected chi connectivity index (χ1v) is 10.8. The Bertz CT molecular complexity index is 1080. The fourth-order valence-corrected chi connectivity index (χ4v) is 3.67. The van der Waals surface area contributed by atoms with Crippen LogP contribution in [0.3, 0.4) is 0 Å². The van der Waals surface area contributed by atoms with E-state index in [0.29, 0.717) is 24.6 Å². The van der Waals surface area contributed by atoms with Crippen LogP contribution >= 0.6 is 11.6 Å². The van der Waals surface area contributed by atoms with Gasteiger partial charge in [0.1, 0.15) is 0 Å². The van der Waals surface area contributed by atoms with E-state index in [4.69, 9.17) is 16.1 Å². The molecule has 0 atom stereocenters. The van der Waals surface area contributed by atoms with Crippen LogP contribution in [-0.4, -0.2) is 34.0 Å². The van der Waals surface area contributed by atoms with Gasteiger partial charge in [-0.25, -0.2) is 0 Å². The minimum atomic E-state index is -0.0660. The molecule has 2 heterocycles. The van der Waals surface area contributed by atoms with Crippen molar-refractivity contribution in [2.24, 2.45) is 0 Å². The number of anilines is 1. The lowest BCUT2D eigenvalue weighted by Crippen LogP contribution is -2.28. The molecule has 7 heteroatoms. The molecule has 160 valence electrons. The van der Waals surface area contributed by atoms with Crippen molar-refractivity contribution in [1.29, 1.82) is 0 Å². The molecule has 0 bridgehead atoms. The van der Waals surface area contributed by atoms with Gasteiger partial charge in [-0.3, -0.25) is 9.69 Å². The lowest BCUT2D eigenvalue weighted by atomic mass is 10.1. The molecule has 1 N–H and O–H groups in total. The minimum absolute atomic E-state index is 0.0660. The predicted molar refractivity (Wildman–Crippen MR) is 122 cm³/mol. The Kier molecular flexibility index (Phi) is 6.79. The highest BCUT2D eigenvalue weighted by Crippen LogP contribution is 2.22. The lowest BCUT2D eigenvalue weighted by molar-refractivity contribution is -0.116. The number of nitrogens with one attached hydrogen (secondary N) is 1. The van der Waals surface area contributed by atoms with Gasteiger partial charge >= 0.3 is 0 Å². The Balaban J connectivity index is 1.27. The van der Waals surface area contributed by atoms with E-state index in [0.717, 1.165) is 47.9 Å². The quantitative estimate of drug-likeness (QED) is 0.570. The minimum Gasteiger partial charge on any atom is -0.339 e. The predicted octanol–water partition coefficient (Wildman–Crippen LogP) is 4.89. The molecule has 1 amide bonds. The molecule has 0 fully saturated rings. The summed E-state index contributed by atoms with van der Waals surface area (Å²) in [5.41, 5.74) is 4.19. The Morgan fingerprint density at radius 3 is 2.74 bits per heavy atom. The number of hydrogen-bond donors (Lipinski definition) is 1. The second kappa shape index (κ2) is 9.90. The van der Waals surface area contributed by atoms with Gasteiger partial charge in [-0.15, -0.1) is 0 Å². The van der Waals surface area contributed by atoms with E-state index in [1.54, 1.807) is 0 Å². The van der Waals surface area contributed by atoms with E-state index < -0.39 is 0 Å². The van der Waals surface area contributed by atoms with Crippen LogP contribution in [-0.2, 0) is 17.8 Å². The summed E-state index contributed by atoms with van der Waals surface area (Å²) >= 11 is 5.96. The highest BCUT2D eigenvalue weighted by molar-refractivity contribution is 6.30. The van der Waals surface area contributed by atoms with E-state index in [-0.39, 0.29) is 5.91 Å². The molecule has 4 rings (SSSR count). The summed E-state index contributed by atoms with van der Waals surface area (Å²) in [5.74, 6) is 1.05. The van der Waals surface area contributed by atoms with Gasteiger partial charge in [0, 0.05) is 43.2 Å². The van der Waals surface area contributed by atoms with Crippen LogP contribution in [0.15, 0.2) is 59.1 Å². The van der Waals surface area contributed by atoms with Crippen LogP contribution in [0.5, 0.6) is 0 Å². The summed E-state index contributed by atoms with van der Waals surface area (Å²) in [6.07, 6.45) is 3.73. The average molecular weight is 437 g/mol. The fourth-order valence-electron chi connectivity index (χ4n) is 3.54. The van der Waals surface area contributed by atoms with Gasteiger partial charge in [0.25, 0.3) is 0 Å². The van der Waals surface area contributed by atoms with Gasteiger partial charge in [-0.2, -0.15) is 4.98 Å². The summed E-state index contributed by atoms with van der Waals surface area (Å²) in [6.45, 7) is 4.61. The smallest absolute Gasteiger partial charge is 0.227 e. The van der Waals surface area contributed by atoms with Crippen molar-refractivity contribution in [1.82, 2.24) is 15.0 Å². The van der Waals surface area contributed by atoms with E-state index in [1.165, 1.54) is 5.56 Å². The third-order valence-electron chi connectivity index (χ3n) is 5.35. The Morgan fingerprint density at radius 1 is 1.19 bits per heavy atom. The van der Waals surface area contributed by atoms with Crippen molar-refractivity contribution in [3.8, 4) is 0 Å². The zero-order valence-corrected chi connectivity index (χ0v) is 18.2. The van der Waals surface area contributed by atoms with Crippen molar-refractivity contribution >= 4 is 28.8 Å². The second-order valence-electron chi connectivity index (χ2n) is 7.72. The number of hydrogen-bond acceptors (Lipinski definition) is 5. The van der Waals surface area contributed by atoms with Crippen LogP contribution in [0, 0.1) is 6.92 Å². The molecule has 2 aromatic carbocycles. The molecule has 0 spiro atoms. The third-order valence-corrected chi connectivity index (χ3v) is 5.61. The standard InChI is InChI=1S/C24H25ClN4O2/c1-17-4-2-3-5-21(17)26-22(30)10-11-23-27-24(28-31-23)19-12-14-29(15-13-19)16-18-6-8-20(25)9-7-18/h2-9,12H,10-11,13-16H2,1H3,(H,26,30). The summed E-state index contributed by atoms with van der Waals surface area (Å²) in [4.78, 5) is 19.1. The van der Waals surface area contributed by atoms with Crippen molar-refractivity contribution in [3.63, 3.8) is 0 Å². The van der Waals surface area contributed by atoms with Gasteiger partial charge < -0.3 is 9.84 Å². The third kappa shape index (κ3) is 5.81. The summed E-state index contributed by atoms with van der Waals surface area (Å²) < 4.78 is 5.37. The second-order valence-corrected chi connectivity index (χ2v) is 8.15. The molecule has 3 aromatic rings. The first-order chi connectivity index (χ1) is 15.1. The molecule has 0 radical (unpaired) electrons. The van der Waals surface area contributed by atoms with Crippen LogP contribution < -0.4 is 5.32 Å². The number of carbonyl (C=O) groups excluding carboxylic acids is 1. The molecule has 1 aromatic heterocycles. The molecular formula is C24H25ClN4O2. The molecule has 6 nitrogen and oxygen atoms in total. The molecule has 31 heavy (non-hydrogen) atoms. The van der Waals surface area contributed by atoms with Crippen LogP contribution in [0.4, 0.5) is 5.69 Å². The Labute approximate surface area is 186 Å². The average Bonchev–Trinajstić information content (AvgIpc) is 3.25. The van der Waals surface area contributed by atoms with E-state index in [1.807, 2.05) is 43.3 Å². The number of aromatic nitrogens is 2. The first-order valence-electron chi connectivity index (χ1n) is 10.4. The number of halogens is 1. The molecule has 0 saturated heterocycles. The molecular weight excluding hydrogens is 412 g/mol. The number of nitrogens with zero attached hydrogens (tertiary/aromatic N) is 3. The number of benzene rings is 2. The van der Waals surface area contributed by atoms with E-state index in [2.05, 4.69) is 38.6 Å². The molecule has 1 aliphatic rings. The highest BCUT2D eigenvalue weighted by atomic mass is 35.5. The normalized spacial score (nSPS) is 14.3. The summed E-state index contributed by atoms with van der Waals surface area (Å²) in [7, 11) is 0. The van der Waals surface area contributed by atoms with E-state index in [9.17, 15) is 4.79 Å². The topological polar surface area (TPSA) is 71.3 Å². The maximum atomic E-state index is 12.2. The lowest BCUT2D eigenvalue weighted by Gasteiger charge is -2.25. The van der Waals surface area contributed by atoms with E-state index >= 15 is 0 Å². The molecule has 1 aliphatic heterocycles. The molecule has 0 aliphatic carbocycles. The van der Waals surface area contributed by atoms with Gasteiger partial charge in [-0.05, 0) is 48.2 Å². The Hall–Kier alpha value is -2.96. The first kappa shape index (κ1) is 21.3. The number of amides is 1. The molecule has 0 unspecified atom stereocenters. The van der Waals surface area contributed by atoms with Crippen LogP contribution in [0.25, 0.3) is 5.57 Å². The maximum Gasteiger partial charge on any atom is 0.227 e. The summed E-state index contributed by atoms with van der Waals surface area (Å²) in [6, 6.07) is 15.7. The number of para-hydroxylation sites is 1. The number of carbonyl (C=O) groups is 1. The summed E-state index contributed by atoms with van der Waals surface area (Å²) in [5, 5.41) is 7.80. The van der Waals surface area contributed by atoms with Crippen molar-refractivity contribution < 1.29 is 9.32 Å². The highest BCUT2D eigenvalue weighted by Gasteiger charge is 2.18. The van der Waals surface area contributed by atoms with Gasteiger partial charge in [0.2, 0.25) is 11.8 Å². The Morgan fingerprint density at radius 2 is 2.00 bits per heavy atom. The van der Waals surface area contributed by atoms with Crippen molar-refractivity contribution in [2.45, 2.75) is 32.7 Å². The fraction of sp³-hybridized carbons (Fsp3) is 0.292. The largest absolute Gasteiger partial charge is 0.339 e. The van der Waals surface area contributed by atoms with Crippen molar-refractivity contribution in [3.05, 3.63) is 82.5 Å². The van der Waals surface area contributed by atoms with Crippen molar-refractivity contribution in [2.75, 3.05) is 18.4 Å². The SMILES string of the molecule is Cc1ccccc1NC(=O)CCc1nc(C2=CCN(Cc3ccc(Cl)cc3)CC2)no1. The van der Waals surface area contributed by atoms with Gasteiger partial charge in [0.15, 0.2) is 5.82 Å². The zero-order chi connectivity index (χ0) is 21.6. The zero-order valence-electron chi connectivity index (χ0n) is 17.5. The monoisotopic (exact) mass is 436 g/mol. The van der Waals surface area contributed by atoms with Gasteiger partial charge in [-0.1, -0.05) is 53.2 Å². The maximum absolute atomic E-state index is 12.2. The molecule has 0 saturated carbocycles. The van der Waals surface area contributed by atoms with Crippen LogP contribution in [0.1, 0.15) is 35.7 Å².